The number of aromatic nitrogens is 2. The minimum Gasteiger partial charge on any atom is -0.378 e. The van der Waals surface area contributed by atoms with E-state index in [1.807, 2.05) is 60.8 Å². The van der Waals surface area contributed by atoms with Gasteiger partial charge in [-0.05, 0) is 41.3 Å². The van der Waals surface area contributed by atoms with Crippen molar-refractivity contribution in [3.8, 4) is 11.1 Å². The van der Waals surface area contributed by atoms with E-state index < -0.39 is 0 Å². The molecular weight excluding hydrogens is 420 g/mol. The molecule has 0 spiro atoms. The SMILES string of the molecule is CC(C)c1ccc(-c2csc3ncn(CC(=O)Nc4ccc(N(C)C)cc4)c(=O)c23)cc1. The molecule has 0 radical (unpaired) electrons. The molecule has 1 N–H and O–H groups in total. The van der Waals surface area contributed by atoms with Crippen LogP contribution in [0.4, 0.5) is 11.4 Å². The Morgan fingerprint density at radius 3 is 2.41 bits per heavy atom. The van der Waals surface area contributed by atoms with Crippen LogP contribution in [0.2, 0.25) is 0 Å². The number of amides is 1. The van der Waals surface area contributed by atoms with Crippen molar-refractivity contribution in [2.75, 3.05) is 24.3 Å². The van der Waals surface area contributed by atoms with Crippen LogP contribution in [0, 0.1) is 0 Å². The Kier molecular flexibility index (Phi) is 6.10. The van der Waals surface area contributed by atoms with Crippen molar-refractivity contribution < 1.29 is 4.79 Å². The number of rotatable bonds is 6. The van der Waals surface area contributed by atoms with Gasteiger partial charge < -0.3 is 10.2 Å². The number of benzene rings is 2. The molecule has 0 bridgehead atoms. The van der Waals surface area contributed by atoms with E-state index in [0.29, 0.717) is 21.8 Å². The van der Waals surface area contributed by atoms with Crippen molar-refractivity contribution in [2.24, 2.45) is 0 Å². The summed E-state index contributed by atoms with van der Waals surface area (Å²) in [7, 11) is 3.92. The van der Waals surface area contributed by atoms with Gasteiger partial charge in [0, 0.05) is 36.4 Å². The molecule has 32 heavy (non-hydrogen) atoms. The fourth-order valence-corrected chi connectivity index (χ4v) is 4.44. The molecule has 0 saturated heterocycles. The lowest BCUT2D eigenvalue weighted by molar-refractivity contribution is -0.116. The maximum atomic E-state index is 13.2. The Bertz CT molecular complexity index is 1300. The van der Waals surface area contributed by atoms with Crippen LogP contribution in [-0.4, -0.2) is 29.6 Å². The Balaban J connectivity index is 1.58. The highest BCUT2D eigenvalue weighted by atomic mass is 32.1. The first kappa shape index (κ1) is 21.8. The molecule has 2 aromatic heterocycles. The van der Waals surface area contributed by atoms with E-state index in [1.165, 1.54) is 27.8 Å². The molecule has 0 aliphatic heterocycles. The lowest BCUT2D eigenvalue weighted by atomic mass is 9.99. The van der Waals surface area contributed by atoms with Crippen molar-refractivity contribution >= 4 is 38.8 Å². The van der Waals surface area contributed by atoms with Crippen LogP contribution < -0.4 is 15.8 Å². The maximum absolute atomic E-state index is 13.2. The Labute approximate surface area is 191 Å². The van der Waals surface area contributed by atoms with Crippen LogP contribution in [0.1, 0.15) is 25.3 Å². The van der Waals surface area contributed by atoms with Gasteiger partial charge in [0.15, 0.2) is 0 Å². The number of nitrogens with one attached hydrogen (secondary N) is 1. The van der Waals surface area contributed by atoms with Crippen molar-refractivity contribution in [1.82, 2.24) is 9.55 Å². The molecule has 0 fully saturated rings. The second-order valence-electron chi connectivity index (χ2n) is 8.27. The predicted octanol–water partition coefficient (Wildman–Crippen LogP) is 4.95. The zero-order chi connectivity index (χ0) is 22.8. The average molecular weight is 447 g/mol. The fourth-order valence-electron chi connectivity index (χ4n) is 3.54. The second-order valence-corrected chi connectivity index (χ2v) is 9.13. The van der Waals surface area contributed by atoms with E-state index in [4.69, 9.17) is 0 Å². The normalized spacial score (nSPS) is 11.2. The molecular formula is C25H26N4O2S. The first-order valence-electron chi connectivity index (χ1n) is 10.5. The lowest BCUT2D eigenvalue weighted by Gasteiger charge is -2.13. The summed E-state index contributed by atoms with van der Waals surface area (Å²) in [6.07, 6.45) is 1.45. The van der Waals surface area contributed by atoms with Gasteiger partial charge in [-0.2, -0.15) is 0 Å². The number of hydrogen-bond acceptors (Lipinski definition) is 5. The molecule has 7 heteroatoms. The minimum absolute atomic E-state index is 0.0984. The van der Waals surface area contributed by atoms with Crippen LogP contribution in [0.25, 0.3) is 21.3 Å². The van der Waals surface area contributed by atoms with Gasteiger partial charge in [0.2, 0.25) is 5.91 Å². The highest BCUT2D eigenvalue weighted by Gasteiger charge is 2.15. The number of carbonyl (C=O) groups is 1. The summed E-state index contributed by atoms with van der Waals surface area (Å²) < 4.78 is 1.37. The molecule has 164 valence electrons. The Hall–Kier alpha value is -3.45. The second kappa shape index (κ2) is 8.96. The number of fused-ring (bicyclic) bond motifs is 1. The number of carbonyl (C=O) groups excluding carboxylic acids is 1. The lowest BCUT2D eigenvalue weighted by Crippen LogP contribution is -2.27. The smallest absolute Gasteiger partial charge is 0.263 e. The van der Waals surface area contributed by atoms with Gasteiger partial charge in [-0.25, -0.2) is 4.98 Å². The van der Waals surface area contributed by atoms with Crippen molar-refractivity contribution in [1.29, 1.82) is 0 Å². The molecule has 4 aromatic rings. The summed E-state index contributed by atoms with van der Waals surface area (Å²) in [6.45, 7) is 4.21. The van der Waals surface area contributed by atoms with Gasteiger partial charge in [-0.15, -0.1) is 11.3 Å². The summed E-state index contributed by atoms with van der Waals surface area (Å²) in [5, 5.41) is 5.36. The molecule has 0 unspecified atom stereocenters. The van der Waals surface area contributed by atoms with Crippen LogP contribution in [0.5, 0.6) is 0 Å². The fraction of sp³-hybridized carbons (Fsp3) is 0.240. The molecule has 0 aliphatic carbocycles. The van der Waals surface area contributed by atoms with E-state index in [9.17, 15) is 9.59 Å². The van der Waals surface area contributed by atoms with E-state index in [0.717, 1.165) is 16.8 Å². The first-order chi connectivity index (χ1) is 15.3. The summed E-state index contributed by atoms with van der Waals surface area (Å²) in [5.41, 5.74) is 4.59. The molecule has 0 aliphatic rings. The average Bonchev–Trinajstić information content (AvgIpc) is 3.21. The van der Waals surface area contributed by atoms with E-state index in [2.05, 4.69) is 36.3 Å². The van der Waals surface area contributed by atoms with Gasteiger partial charge in [-0.1, -0.05) is 38.1 Å². The van der Waals surface area contributed by atoms with Crippen LogP contribution in [-0.2, 0) is 11.3 Å². The zero-order valence-electron chi connectivity index (χ0n) is 18.6. The molecule has 4 rings (SSSR count). The summed E-state index contributed by atoms with van der Waals surface area (Å²) >= 11 is 1.44. The van der Waals surface area contributed by atoms with Gasteiger partial charge in [-0.3, -0.25) is 14.2 Å². The maximum Gasteiger partial charge on any atom is 0.263 e. The first-order valence-corrected chi connectivity index (χ1v) is 11.4. The van der Waals surface area contributed by atoms with Crippen molar-refractivity contribution in [3.05, 3.63) is 76.2 Å². The third-order valence-electron chi connectivity index (χ3n) is 5.43. The van der Waals surface area contributed by atoms with Gasteiger partial charge in [0.25, 0.3) is 5.56 Å². The van der Waals surface area contributed by atoms with Crippen molar-refractivity contribution in [2.45, 2.75) is 26.3 Å². The molecule has 6 nitrogen and oxygen atoms in total. The van der Waals surface area contributed by atoms with E-state index in [1.54, 1.807) is 0 Å². The van der Waals surface area contributed by atoms with Gasteiger partial charge in [0.1, 0.15) is 11.4 Å². The third-order valence-corrected chi connectivity index (χ3v) is 6.32. The van der Waals surface area contributed by atoms with Crippen molar-refractivity contribution in [3.63, 3.8) is 0 Å². The van der Waals surface area contributed by atoms with Gasteiger partial charge >= 0.3 is 0 Å². The number of thiophene rings is 1. The van der Waals surface area contributed by atoms with Crippen LogP contribution in [0.3, 0.4) is 0 Å². The topological polar surface area (TPSA) is 67.2 Å². The monoisotopic (exact) mass is 446 g/mol. The quantitative estimate of drug-likeness (QED) is 0.455. The minimum atomic E-state index is -0.274. The molecule has 2 heterocycles. The number of hydrogen-bond donors (Lipinski definition) is 1. The highest BCUT2D eigenvalue weighted by Crippen LogP contribution is 2.31. The summed E-state index contributed by atoms with van der Waals surface area (Å²) in [6, 6.07) is 15.8. The Morgan fingerprint density at radius 1 is 1.09 bits per heavy atom. The highest BCUT2D eigenvalue weighted by molar-refractivity contribution is 7.17. The molecule has 0 atom stereocenters. The number of anilines is 2. The van der Waals surface area contributed by atoms with E-state index in [-0.39, 0.29) is 18.0 Å². The Morgan fingerprint density at radius 2 is 1.78 bits per heavy atom. The molecule has 2 aromatic carbocycles. The van der Waals surface area contributed by atoms with E-state index >= 15 is 0 Å². The standard InChI is InChI=1S/C25H26N4O2S/c1-16(2)17-5-7-18(8-6-17)21-14-32-24-23(21)25(31)29(15-26-24)13-22(30)27-19-9-11-20(12-10-19)28(3)4/h5-12,14-16H,13H2,1-4H3,(H,27,30). The van der Waals surface area contributed by atoms with Crippen LogP contribution in [0.15, 0.2) is 65.0 Å². The largest absolute Gasteiger partial charge is 0.378 e. The van der Waals surface area contributed by atoms with Crippen LogP contribution >= 0.6 is 11.3 Å². The predicted molar refractivity (Wildman–Crippen MR) is 133 cm³/mol. The summed E-state index contributed by atoms with van der Waals surface area (Å²) in [4.78, 5) is 32.9. The molecule has 0 saturated carbocycles. The molecule has 1 amide bonds. The third kappa shape index (κ3) is 4.43. The van der Waals surface area contributed by atoms with Gasteiger partial charge in [0.05, 0.1) is 11.7 Å². The number of nitrogens with zero attached hydrogens (tertiary/aromatic N) is 3. The summed E-state index contributed by atoms with van der Waals surface area (Å²) in [5.74, 6) is 0.170. The zero-order valence-corrected chi connectivity index (χ0v) is 19.4.